The number of nitrogens with zero attached hydrogens (tertiary/aromatic N) is 1. The van der Waals surface area contributed by atoms with Crippen molar-refractivity contribution >= 4 is 29.2 Å². The Morgan fingerprint density at radius 3 is 3.06 bits per heavy atom. The minimum absolute atomic E-state index is 0.0692. The molecule has 0 aliphatic carbocycles. The van der Waals surface area contributed by atoms with Gasteiger partial charge in [-0.05, 0) is 43.6 Å². The van der Waals surface area contributed by atoms with Crippen LogP contribution in [0.5, 0.6) is 0 Å². The van der Waals surface area contributed by atoms with Gasteiger partial charge in [-0.2, -0.15) is 0 Å². The fourth-order valence-electron chi connectivity index (χ4n) is 2.60. The number of para-hydroxylation sites is 1. The van der Waals surface area contributed by atoms with Gasteiger partial charge < -0.3 is 14.9 Å². The molecule has 1 unspecified atom stereocenters. The van der Waals surface area contributed by atoms with Crippen LogP contribution in [0.1, 0.15) is 24.4 Å². The highest BCUT2D eigenvalue weighted by molar-refractivity contribution is 7.71. The predicted molar refractivity (Wildman–Crippen MR) is 73.1 cm³/mol. The van der Waals surface area contributed by atoms with Crippen molar-refractivity contribution in [1.82, 2.24) is 14.9 Å². The summed E-state index contributed by atoms with van der Waals surface area (Å²) < 4.78 is 2.58. The number of nitrogens with one attached hydrogen (secondary N) is 2. The second-order valence-electron chi connectivity index (χ2n) is 4.72. The Balaban J connectivity index is 2.22. The molecular weight excluding hydrogens is 246 g/mol. The van der Waals surface area contributed by atoms with E-state index in [9.17, 15) is 4.79 Å². The summed E-state index contributed by atoms with van der Waals surface area (Å²) >= 11 is 5.37. The van der Waals surface area contributed by atoms with Crippen LogP contribution in [0.15, 0.2) is 18.2 Å². The Morgan fingerprint density at radius 1 is 1.44 bits per heavy atom. The Kier molecular flexibility index (Phi) is 2.70. The monoisotopic (exact) mass is 261 g/mol. The maximum atomic E-state index is 12.0. The molecule has 1 aliphatic heterocycles. The highest BCUT2D eigenvalue weighted by Crippen LogP contribution is 2.25. The Hall–Kier alpha value is -1.62. The maximum Gasteiger partial charge on any atom is 0.243 e. The molecule has 2 heterocycles. The smallest absolute Gasteiger partial charge is 0.243 e. The average molecular weight is 261 g/mol. The number of carbonyl (C=O) groups is 1. The number of rotatable bonds is 1. The molecule has 5 heteroatoms. The largest absolute Gasteiger partial charge is 0.354 e. The van der Waals surface area contributed by atoms with Gasteiger partial charge in [0.05, 0.1) is 11.0 Å². The van der Waals surface area contributed by atoms with Crippen molar-refractivity contribution in [2.24, 2.45) is 0 Å². The van der Waals surface area contributed by atoms with Gasteiger partial charge in [0.1, 0.15) is 6.04 Å². The van der Waals surface area contributed by atoms with E-state index in [0.717, 1.165) is 36.0 Å². The number of hydrogen-bond acceptors (Lipinski definition) is 2. The molecular formula is C13H15N3OS. The lowest BCUT2D eigenvalue weighted by Crippen LogP contribution is -2.37. The normalized spacial score (nSPS) is 20.1. The molecule has 1 fully saturated rings. The molecule has 1 aromatic carbocycles. The molecule has 0 saturated carbocycles. The molecule has 2 N–H and O–H groups in total. The van der Waals surface area contributed by atoms with Crippen LogP contribution in [-0.2, 0) is 4.79 Å². The lowest BCUT2D eigenvalue weighted by Gasteiger charge is -2.23. The first-order valence-corrected chi connectivity index (χ1v) is 6.57. The molecule has 2 aromatic rings. The number of aryl methyl sites for hydroxylation is 1. The third-order valence-electron chi connectivity index (χ3n) is 3.53. The number of amides is 1. The number of hydrogen-bond donors (Lipinski definition) is 2. The number of piperidine rings is 1. The van der Waals surface area contributed by atoms with Gasteiger partial charge in [0.15, 0.2) is 4.77 Å². The topological polar surface area (TPSA) is 49.8 Å². The molecule has 0 radical (unpaired) electrons. The fraction of sp³-hybridized carbons (Fsp3) is 0.385. The van der Waals surface area contributed by atoms with Crippen LogP contribution in [0.3, 0.4) is 0 Å². The van der Waals surface area contributed by atoms with Crippen molar-refractivity contribution in [2.75, 3.05) is 6.54 Å². The Bertz CT molecular complexity index is 670. The van der Waals surface area contributed by atoms with Gasteiger partial charge >= 0.3 is 0 Å². The van der Waals surface area contributed by atoms with Gasteiger partial charge in [-0.3, -0.25) is 4.79 Å². The predicted octanol–water partition coefficient (Wildman–Crippen LogP) is 2.46. The molecule has 3 rings (SSSR count). The zero-order chi connectivity index (χ0) is 12.7. The summed E-state index contributed by atoms with van der Waals surface area (Å²) in [5.74, 6) is 0.0692. The lowest BCUT2D eigenvalue weighted by molar-refractivity contribution is -0.125. The van der Waals surface area contributed by atoms with Crippen molar-refractivity contribution in [2.45, 2.75) is 25.8 Å². The van der Waals surface area contributed by atoms with E-state index in [1.165, 1.54) is 0 Å². The molecule has 1 saturated heterocycles. The Labute approximate surface area is 110 Å². The van der Waals surface area contributed by atoms with E-state index >= 15 is 0 Å². The molecule has 1 amide bonds. The summed E-state index contributed by atoms with van der Waals surface area (Å²) in [5.41, 5.74) is 3.19. The summed E-state index contributed by atoms with van der Waals surface area (Å²) in [4.78, 5) is 15.2. The number of carbonyl (C=O) groups excluding carboxylic acids is 1. The standard InChI is InChI=1S/C13H15N3OS/c1-8-4-2-5-9-11(8)15-13(18)16(9)10-6-3-7-14-12(10)17/h2,4-5,10H,3,6-7H2,1H3,(H,14,17)(H,15,18). The van der Waals surface area contributed by atoms with Gasteiger partial charge in [-0.1, -0.05) is 12.1 Å². The summed E-state index contributed by atoms with van der Waals surface area (Å²) in [6.07, 6.45) is 1.84. The van der Waals surface area contributed by atoms with Gasteiger partial charge in [-0.15, -0.1) is 0 Å². The van der Waals surface area contributed by atoms with E-state index in [1.54, 1.807) is 0 Å². The highest BCUT2D eigenvalue weighted by atomic mass is 32.1. The summed E-state index contributed by atoms with van der Waals surface area (Å²) in [7, 11) is 0. The second kappa shape index (κ2) is 4.24. The molecule has 1 aromatic heterocycles. The van der Waals surface area contributed by atoms with E-state index in [0.29, 0.717) is 4.77 Å². The third-order valence-corrected chi connectivity index (χ3v) is 3.83. The summed E-state index contributed by atoms with van der Waals surface area (Å²) in [6, 6.07) is 5.87. The van der Waals surface area contributed by atoms with E-state index in [1.807, 2.05) is 29.7 Å². The second-order valence-corrected chi connectivity index (χ2v) is 5.10. The molecule has 18 heavy (non-hydrogen) atoms. The molecule has 1 atom stereocenters. The van der Waals surface area contributed by atoms with Crippen LogP contribution in [0.2, 0.25) is 0 Å². The fourth-order valence-corrected chi connectivity index (χ4v) is 2.93. The molecule has 0 bridgehead atoms. The van der Waals surface area contributed by atoms with Gasteiger partial charge in [0.2, 0.25) is 5.91 Å². The van der Waals surface area contributed by atoms with Crippen LogP contribution >= 0.6 is 12.2 Å². The van der Waals surface area contributed by atoms with Crippen LogP contribution < -0.4 is 5.32 Å². The molecule has 94 valence electrons. The van der Waals surface area contributed by atoms with Crippen molar-refractivity contribution in [3.05, 3.63) is 28.5 Å². The van der Waals surface area contributed by atoms with Crippen LogP contribution in [0.25, 0.3) is 11.0 Å². The first-order valence-electron chi connectivity index (χ1n) is 6.16. The van der Waals surface area contributed by atoms with Crippen LogP contribution in [0.4, 0.5) is 0 Å². The van der Waals surface area contributed by atoms with Crippen molar-refractivity contribution in [3.8, 4) is 0 Å². The van der Waals surface area contributed by atoms with Crippen molar-refractivity contribution < 1.29 is 4.79 Å². The van der Waals surface area contributed by atoms with Crippen molar-refractivity contribution in [1.29, 1.82) is 0 Å². The van der Waals surface area contributed by atoms with Gasteiger partial charge in [0, 0.05) is 6.54 Å². The van der Waals surface area contributed by atoms with Crippen LogP contribution in [0, 0.1) is 11.7 Å². The minimum Gasteiger partial charge on any atom is -0.354 e. The van der Waals surface area contributed by atoms with Gasteiger partial charge in [0.25, 0.3) is 0 Å². The first-order chi connectivity index (χ1) is 8.68. The molecule has 1 aliphatic rings. The average Bonchev–Trinajstić information content (AvgIpc) is 2.68. The van der Waals surface area contributed by atoms with Crippen LogP contribution in [-0.4, -0.2) is 22.0 Å². The van der Waals surface area contributed by atoms with E-state index in [-0.39, 0.29) is 11.9 Å². The molecule has 4 nitrogen and oxygen atoms in total. The summed E-state index contributed by atoms with van der Waals surface area (Å²) in [5, 5.41) is 2.91. The number of benzene rings is 1. The third kappa shape index (κ3) is 1.66. The van der Waals surface area contributed by atoms with E-state index in [4.69, 9.17) is 12.2 Å². The lowest BCUT2D eigenvalue weighted by atomic mass is 10.1. The number of aromatic amines is 1. The minimum atomic E-state index is -0.179. The Morgan fingerprint density at radius 2 is 2.28 bits per heavy atom. The SMILES string of the molecule is Cc1cccc2c1[nH]c(=S)n2C1CCCNC1=O. The van der Waals surface area contributed by atoms with E-state index < -0.39 is 0 Å². The summed E-state index contributed by atoms with van der Waals surface area (Å²) in [6.45, 7) is 2.81. The highest BCUT2D eigenvalue weighted by Gasteiger charge is 2.25. The van der Waals surface area contributed by atoms with E-state index in [2.05, 4.69) is 10.3 Å². The number of aromatic nitrogens is 2. The molecule has 0 spiro atoms. The zero-order valence-electron chi connectivity index (χ0n) is 10.2. The maximum absolute atomic E-state index is 12.0. The first kappa shape index (κ1) is 11.5. The zero-order valence-corrected chi connectivity index (χ0v) is 11.0. The van der Waals surface area contributed by atoms with Gasteiger partial charge in [-0.25, -0.2) is 0 Å². The number of H-pyrrole nitrogens is 1. The van der Waals surface area contributed by atoms with Crippen molar-refractivity contribution in [3.63, 3.8) is 0 Å². The number of fused-ring (bicyclic) bond motifs is 1. The quantitative estimate of drug-likeness (QED) is 0.775. The number of imidazole rings is 1.